The normalized spacial score (nSPS) is 11.2. The molecule has 0 saturated carbocycles. The molecule has 0 aliphatic heterocycles. The van der Waals surface area contributed by atoms with Gasteiger partial charge in [0.1, 0.15) is 5.82 Å². The molecule has 20 heavy (non-hydrogen) atoms. The van der Waals surface area contributed by atoms with Gasteiger partial charge in [0, 0.05) is 17.8 Å². The molecule has 2 aromatic carbocycles. The van der Waals surface area contributed by atoms with Gasteiger partial charge in [-0.15, -0.1) is 0 Å². The number of rotatable bonds is 2. The summed E-state index contributed by atoms with van der Waals surface area (Å²) in [6.45, 7) is 4.90. The van der Waals surface area contributed by atoms with Crippen molar-refractivity contribution in [1.82, 2.24) is 9.55 Å². The smallest absolute Gasteiger partial charge is 0.141 e. The van der Waals surface area contributed by atoms with Crippen molar-refractivity contribution < 1.29 is 0 Å². The number of nitrogens with zero attached hydrogens (tertiary/aromatic N) is 2. The molecule has 0 unspecified atom stereocenters. The number of nitrogen functional groups attached to an aromatic ring is 1. The topological polar surface area (TPSA) is 43.8 Å². The van der Waals surface area contributed by atoms with E-state index in [1.165, 1.54) is 0 Å². The highest BCUT2D eigenvalue weighted by Gasteiger charge is 2.14. The van der Waals surface area contributed by atoms with Crippen molar-refractivity contribution in [2.75, 3.05) is 5.73 Å². The lowest BCUT2D eigenvalue weighted by molar-refractivity contribution is 0.796. The molecule has 0 atom stereocenters. The van der Waals surface area contributed by atoms with Crippen LogP contribution in [0.5, 0.6) is 0 Å². The van der Waals surface area contributed by atoms with Crippen LogP contribution in [0.2, 0.25) is 5.02 Å². The molecule has 0 amide bonds. The monoisotopic (exact) mass is 285 g/mol. The van der Waals surface area contributed by atoms with Crippen molar-refractivity contribution in [2.45, 2.75) is 20.4 Å². The standard InChI is InChI=1S/C16H16ClN3/c1-3-20-15-12(17)5-4-6-14(15)19-16(20)11-8-7-10(2)13(18)9-11/h4-9H,3,18H2,1-2H3. The van der Waals surface area contributed by atoms with Crippen molar-refractivity contribution >= 4 is 28.3 Å². The number of aromatic nitrogens is 2. The van der Waals surface area contributed by atoms with Gasteiger partial charge in [-0.2, -0.15) is 0 Å². The van der Waals surface area contributed by atoms with Gasteiger partial charge in [0.2, 0.25) is 0 Å². The van der Waals surface area contributed by atoms with Gasteiger partial charge in [0.15, 0.2) is 0 Å². The number of hydrogen-bond donors (Lipinski definition) is 1. The SMILES string of the molecule is CCn1c(-c2ccc(C)c(N)c2)nc2cccc(Cl)c21. The van der Waals surface area contributed by atoms with Gasteiger partial charge in [0.25, 0.3) is 0 Å². The fourth-order valence-corrected chi connectivity index (χ4v) is 2.72. The van der Waals surface area contributed by atoms with Crippen LogP contribution in [-0.4, -0.2) is 9.55 Å². The fraction of sp³-hybridized carbons (Fsp3) is 0.188. The fourth-order valence-electron chi connectivity index (χ4n) is 2.45. The molecule has 102 valence electrons. The summed E-state index contributed by atoms with van der Waals surface area (Å²) in [6.07, 6.45) is 0. The molecule has 0 fully saturated rings. The first-order valence-corrected chi connectivity index (χ1v) is 7.01. The number of nitrogens with two attached hydrogens (primary N) is 1. The summed E-state index contributed by atoms with van der Waals surface area (Å²) in [7, 11) is 0. The summed E-state index contributed by atoms with van der Waals surface area (Å²) in [5, 5.41) is 0.725. The molecule has 4 heteroatoms. The van der Waals surface area contributed by atoms with Crippen molar-refractivity contribution in [3.63, 3.8) is 0 Å². The van der Waals surface area contributed by atoms with Gasteiger partial charge in [-0.3, -0.25) is 0 Å². The van der Waals surface area contributed by atoms with E-state index in [0.717, 1.165) is 45.2 Å². The molecule has 1 aromatic heterocycles. The first kappa shape index (κ1) is 13.0. The van der Waals surface area contributed by atoms with Crippen LogP contribution >= 0.6 is 11.6 Å². The van der Waals surface area contributed by atoms with Crippen molar-refractivity contribution in [3.8, 4) is 11.4 Å². The van der Waals surface area contributed by atoms with Gasteiger partial charge in [0.05, 0.1) is 16.1 Å². The maximum atomic E-state index is 6.31. The number of halogens is 1. The second-order valence-electron chi connectivity index (χ2n) is 4.86. The lowest BCUT2D eigenvalue weighted by atomic mass is 10.1. The number of aryl methyl sites for hydroxylation is 2. The molecule has 3 rings (SSSR count). The molecule has 0 spiro atoms. The van der Waals surface area contributed by atoms with E-state index in [1.807, 2.05) is 43.3 Å². The Balaban J connectivity index is 2.30. The molecular formula is C16H16ClN3. The average Bonchev–Trinajstić information content (AvgIpc) is 2.82. The summed E-state index contributed by atoms with van der Waals surface area (Å²) in [5.74, 6) is 0.905. The van der Waals surface area contributed by atoms with Crippen molar-refractivity contribution in [1.29, 1.82) is 0 Å². The Kier molecular flexibility index (Phi) is 3.14. The van der Waals surface area contributed by atoms with Gasteiger partial charge < -0.3 is 10.3 Å². The molecule has 3 nitrogen and oxygen atoms in total. The minimum absolute atomic E-state index is 0.725. The quantitative estimate of drug-likeness (QED) is 0.715. The van der Waals surface area contributed by atoms with E-state index >= 15 is 0 Å². The zero-order valence-corrected chi connectivity index (χ0v) is 12.3. The van der Waals surface area contributed by atoms with Gasteiger partial charge in [-0.25, -0.2) is 4.98 Å². The Bertz CT molecular complexity index is 790. The number of fused-ring (bicyclic) bond motifs is 1. The van der Waals surface area contributed by atoms with E-state index in [0.29, 0.717) is 0 Å². The minimum atomic E-state index is 0.725. The van der Waals surface area contributed by atoms with Crippen LogP contribution in [-0.2, 0) is 6.54 Å². The molecule has 0 bridgehead atoms. The first-order chi connectivity index (χ1) is 9.61. The van der Waals surface area contributed by atoms with Crippen LogP contribution in [0.4, 0.5) is 5.69 Å². The highest BCUT2D eigenvalue weighted by molar-refractivity contribution is 6.35. The molecule has 0 aliphatic rings. The average molecular weight is 286 g/mol. The third-order valence-electron chi connectivity index (χ3n) is 3.57. The van der Waals surface area contributed by atoms with E-state index in [4.69, 9.17) is 22.3 Å². The predicted molar refractivity (Wildman–Crippen MR) is 85.0 cm³/mol. The lowest BCUT2D eigenvalue weighted by Gasteiger charge is -2.08. The number of hydrogen-bond acceptors (Lipinski definition) is 2. The van der Waals surface area contributed by atoms with E-state index < -0.39 is 0 Å². The van der Waals surface area contributed by atoms with Crippen LogP contribution in [0, 0.1) is 6.92 Å². The highest BCUT2D eigenvalue weighted by Crippen LogP contribution is 2.30. The largest absolute Gasteiger partial charge is 0.398 e. The Morgan fingerprint density at radius 2 is 2.05 bits per heavy atom. The molecule has 2 N–H and O–H groups in total. The summed E-state index contributed by atoms with van der Waals surface area (Å²) >= 11 is 6.31. The Labute approximate surface area is 123 Å². The maximum Gasteiger partial charge on any atom is 0.141 e. The Morgan fingerprint density at radius 3 is 2.75 bits per heavy atom. The van der Waals surface area contributed by atoms with E-state index in [1.54, 1.807) is 0 Å². The zero-order valence-electron chi connectivity index (χ0n) is 11.5. The van der Waals surface area contributed by atoms with Gasteiger partial charge in [-0.1, -0.05) is 29.8 Å². The molecule has 0 saturated heterocycles. The summed E-state index contributed by atoms with van der Waals surface area (Å²) in [5.41, 5.74) is 10.8. The minimum Gasteiger partial charge on any atom is -0.398 e. The molecule has 3 aromatic rings. The maximum absolute atomic E-state index is 6.31. The van der Waals surface area contributed by atoms with Gasteiger partial charge >= 0.3 is 0 Å². The van der Waals surface area contributed by atoms with E-state index in [9.17, 15) is 0 Å². The van der Waals surface area contributed by atoms with E-state index in [-0.39, 0.29) is 0 Å². The third-order valence-corrected chi connectivity index (χ3v) is 3.88. The summed E-state index contributed by atoms with van der Waals surface area (Å²) in [4.78, 5) is 4.71. The number of benzene rings is 2. The second-order valence-corrected chi connectivity index (χ2v) is 5.27. The van der Waals surface area contributed by atoms with Crippen LogP contribution in [0.15, 0.2) is 36.4 Å². The van der Waals surface area contributed by atoms with Gasteiger partial charge in [-0.05, 0) is 37.6 Å². The van der Waals surface area contributed by atoms with Crippen LogP contribution < -0.4 is 5.73 Å². The number of imidazole rings is 1. The molecule has 0 aliphatic carbocycles. The Hall–Kier alpha value is -2.00. The summed E-state index contributed by atoms with van der Waals surface area (Å²) < 4.78 is 2.13. The molecule has 0 radical (unpaired) electrons. The number of para-hydroxylation sites is 1. The highest BCUT2D eigenvalue weighted by atomic mass is 35.5. The Morgan fingerprint density at radius 1 is 1.25 bits per heavy atom. The predicted octanol–water partition coefficient (Wildman–Crippen LogP) is 4.27. The lowest BCUT2D eigenvalue weighted by Crippen LogP contribution is -1.99. The van der Waals surface area contributed by atoms with Crippen molar-refractivity contribution in [2.24, 2.45) is 0 Å². The van der Waals surface area contributed by atoms with Crippen molar-refractivity contribution in [3.05, 3.63) is 47.0 Å². The zero-order chi connectivity index (χ0) is 14.3. The number of anilines is 1. The third kappa shape index (κ3) is 1.95. The van der Waals surface area contributed by atoms with E-state index in [2.05, 4.69) is 11.5 Å². The second kappa shape index (κ2) is 4.84. The summed E-state index contributed by atoms with van der Waals surface area (Å²) in [6, 6.07) is 11.8. The van der Waals surface area contributed by atoms with Crippen LogP contribution in [0.25, 0.3) is 22.4 Å². The molecule has 1 heterocycles. The molecular weight excluding hydrogens is 270 g/mol. The first-order valence-electron chi connectivity index (χ1n) is 6.63. The van der Waals surface area contributed by atoms with Crippen LogP contribution in [0.3, 0.4) is 0 Å². The van der Waals surface area contributed by atoms with Crippen LogP contribution in [0.1, 0.15) is 12.5 Å².